The lowest BCUT2D eigenvalue weighted by molar-refractivity contribution is 0.727. The average Bonchev–Trinajstić information content (AvgIpc) is 2.57. The highest BCUT2D eigenvalue weighted by Gasteiger charge is 1.78. The van der Waals surface area contributed by atoms with E-state index in [9.17, 15) is 0 Å². The molecule has 0 unspecified atom stereocenters. The fourth-order valence-corrected chi connectivity index (χ4v) is 0.527. The van der Waals surface area contributed by atoms with Crippen LogP contribution in [0.25, 0.3) is 0 Å². The summed E-state index contributed by atoms with van der Waals surface area (Å²) in [7, 11) is 0. The van der Waals surface area contributed by atoms with E-state index in [1.807, 2.05) is 18.4 Å². The molecule has 0 aromatic heterocycles. The van der Waals surface area contributed by atoms with Crippen LogP contribution in [0.3, 0.4) is 0 Å². The number of hydrogen-bond donors (Lipinski definition) is 2. The molecular weight excluding hydrogens is 136 g/mol. The summed E-state index contributed by atoms with van der Waals surface area (Å²) < 4.78 is 0. The van der Waals surface area contributed by atoms with E-state index >= 15 is 0 Å². The second kappa shape index (κ2) is 8.98. The van der Waals surface area contributed by atoms with Crippen molar-refractivity contribution in [1.82, 2.24) is 10.9 Å². The van der Waals surface area contributed by atoms with Crippen LogP contribution in [-0.4, -0.2) is 6.54 Å². The molecule has 1 rings (SSSR count). The molecule has 62 valence electrons. The maximum Gasteiger partial charge on any atom is 0.0345 e. The van der Waals surface area contributed by atoms with Gasteiger partial charge in [-0.25, -0.2) is 5.43 Å². The fourth-order valence-electron chi connectivity index (χ4n) is 0.527. The van der Waals surface area contributed by atoms with Gasteiger partial charge in [0.25, 0.3) is 0 Å². The number of rotatable bonds is 2. The first-order chi connectivity index (χ1) is 5.41. The number of allylic oxidation sites excluding steroid dienone is 3. The van der Waals surface area contributed by atoms with Gasteiger partial charge in [-0.05, 0) is 6.42 Å². The second-order valence-electron chi connectivity index (χ2n) is 2.00. The number of nitrogens with one attached hydrogen (secondary N) is 2. The van der Waals surface area contributed by atoms with Gasteiger partial charge in [-0.3, -0.25) is 0 Å². The Hall–Kier alpha value is -1.02. The standard InChI is InChI=1S/C6H10.C3H6N2/c1-3-5-6-4-2;1-2-4-5-3-1/h3,5-6H,1,4H2,2H3;1-2,4-5H,3H2. The molecular formula is C9H16N2. The van der Waals surface area contributed by atoms with Crippen molar-refractivity contribution in [2.24, 2.45) is 0 Å². The van der Waals surface area contributed by atoms with Crippen LogP contribution in [0.2, 0.25) is 0 Å². The van der Waals surface area contributed by atoms with Crippen molar-refractivity contribution in [2.75, 3.05) is 6.54 Å². The largest absolute Gasteiger partial charge is 0.329 e. The van der Waals surface area contributed by atoms with Crippen LogP contribution in [0.1, 0.15) is 13.3 Å². The molecule has 2 heteroatoms. The summed E-state index contributed by atoms with van der Waals surface area (Å²) in [6.07, 6.45) is 10.8. The Morgan fingerprint density at radius 2 is 2.45 bits per heavy atom. The quantitative estimate of drug-likeness (QED) is 0.589. The van der Waals surface area contributed by atoms with E-state index in [1.165, 1.54) is 0 Å². The number of hydrogen-bond acceptors (Lipinski definition) is 2. The lowest BCUT2D eigenvalue weighted by Crippen LogP contribution is -2.19. The third kappa shape index (κ3) is 8.98. The first-order valence-corrected chi connectivity index (χ1v) is 3.82. The van der Waals surface area contributed by atoms with Crippen LogP contribution in [0.15, 0.2) is 37.1 Å². The first-order valence-electron chi connectivity index (χ1n) is 3.82. The molecule has 1 aliphatic rings. The third-order valence-electron chi connectivity index (χ3n) is 1.03. The summed E-state index contributed by atoms with van der Waals surface area (Å²) in [6, 6.07) is 0. The molecule has 0 aromatic rings. The maximum atomic E-state index is 3.51. The third-order valence-corrected chi connectivity index (χ3v) is 1.03. The SMILES string of the molecule is C1=CNNC1.C=CC=CCC. The summed E-state index contributed by atoms with van der Waals surface area (Å²) in [6.45, 7) is 6.57. The van der Waals surface area contributed by atoms with Gasteiger partial charge in [-0.1, -0.05) is 37.8 Å². The van der Waals surface area contributed by atoms with Gasteiger partial charge in [0.15, 0.2) is 0 Å². The van der Waals surface area contributed by atoms with Gasteiger partial charge in [0.1, 0.15) is 0 Å². The second-order valence-corrected chi connectivity index (χ2v) is 2.00. The summed E-state index contributed by atoms with van der Waals surface area (Å²) >= 11 is 0. The van der Waals surface area contributed by atoms with Crippen molar-refractivity contribution in [1.29, 1.82) is 0 Å². The van der Waals surface area contributed by atoms with Gasteiger partial charge >= 0.3 is 0 Å². The fraction of sp³-hybridized carbons (Fsp3) is 0.333. The molecule has 0 amide bonds. The molecule has 0 atom stereocenters. The van der Waals surface area contributed by atoms with E-state index in [0.29, 0.717) is 0 Å². The maximum absolute atomic E-state index is 3.51. The normalized spacial score (nSPS) is 13.9. The minimum absolute atomic E-state index is 0.958. The lowest BCUT2D eigenvalue weighted by Gasteiger charge is -1.83. The van der Waals surface area contributed by atoms with Crippen LogP contribution in [-0.2, 0) is 0 Å². The van der Waals surface area contributed by atoms with Crippen LogP contribution >= 0.6 is 0 Å². The Balaban J connectivity index is 0.000000183. The van der Waals surface area contributed by atoms with E-state index in [4.69, 9.17) is 0 Å². The summed E-state index contributed by atoms with van der Waals surface area (Å²) in [5.74, 6) is 0. The predicted molar refractivity (Wildman–Crippen MR) is 49.9 cm³/mol. The molecule has 1 aliphatic heterocycles. The lowest BCUT2D eigenvalue weighted by atomic mass is 10.4. The minimum atomic E-state index is 0.958. The van der Waals surface area contributed by atoms with E-state index < -0.39 is 0 Å². The summed E-state index contributed by atoms with van der Waals surface area (Å²) in [5, 5.41) is 0. The minimum Gasteiger partial charge on any atom is -0.329 e. The van der Waals surface area contributed by atoms with E-state index in [-0.39, 0.29) is 0 Å². The van der Waals surface area contributed by atoms with E-state index in [1.54, 1.807) is 6.08 Å². The topological polar surface area (TPSA) is 24.1 Å². The Labute approximate surface area is 68.7 Å². The molecule has 0 aromatic carbocycles. The van der Waals surface area contributed by atoms with Crippen molar-refractivity contribution in [2.45, 2.75) is 13.3 Å². The van der Waals surface area contributed by atoms with Crippen molar-refractivity contribution in [3.63, 3.8) is 0 Å². The zero-order chi connectivity index (χ0) is 8.36. The molecule has 0 fully saturated rings. The molecule has 0 saturated heterocycles. The zero-order valence-electron chi connectivity index (χ0n) is 7.01. The molecule has 0 saturated carbocycles. The van der Waals surface area contributed by atoms with Gasteiger partial charge in [-0.2, -0.15) is 0 Å². The highest BCUT2D eigenvalue weighted by Crippen LogP contribution is 1.76. The van der Waals surface area contributed by atoms with Gasteiger partial charge < -0.3 is 5.43 Å². The summed E-state index contributed by atoms with van der Waals surface area (Å²) in [5.41, 5.74) is 5.65. The molecule has 1 heterocycles. The molecule has 0 aliphatic carbocycles. The van der Waals surface area contributed by atoms with Crippen molar-refractivity contribution in [3.05, 3.63) is 37.1 Å². The molecule has 11 heavy (non-hydrogen) atoms. The smallest absolute Gasteiger partial charge is 0.0345 e. The van der Waals surface area contributed by atoms with Gasteiger partial charge in [0.2, 0.25) is 0 Å². The van der Waals surface area contributed by atoms with Crippen LogP contribution in [0, 0.1) is 0 Å². The van der Waals surface area contributed by atoms with Gasteiger partial charge in [0.05, 0.1) is 0 Å². The Morgan fingerprint density at radius 3 is 2.64 bits per heavy atom. The Kier molecular flexibility index (Phi) is 8.15. The Bertz CT molecular complexity index is 130. The Morgan fingerprint density at radius 1 is 1.64 bits per heavy atom. The monoisotopic (exact) mass is 152 g/mol. The van der Waals surface area contributed by atoms with Crippen LogP contribution in [0.4, 0.5) is 0 Å². The molecule has 0 spiro atoms. The van der Waals surface area contributed by atoms with E-state index in [2.05, 4.69) is 30.4 Å². The van der Waals surface area contributed by atoms with Crippen LogP contribution < -0.4 is 10.9 Å². The van der Waals surface area contributed by atoms with E-state index in [0.717, 1.165) is 13.0 Å². The molecule has 2 nitrogen and oxygen atoms in total. The molecule has 2 N–H and O–H groups in total. The highest BCUT2D eigenvalue weighted by molar-refractivity contribution is 4.96. The van der Waals surface area contributed by atoms with Crippen molar-refractivity contribution >= 4 is 0 Å². The molecule has 0 bridgehead atoms. The number of hydrazine groups is 1. The van der Waals surface area contributed by atoms with Crippen molar-refractivity contribution < 1.29 is 0 Å². The first kappa shape index (κ1) is 9.98. The zero-order valence-corrected chi connectivity index (χ0v) is 7.01. The average molecular weight is 152 g/mol. The van der Waals surface area contributed by atoms with Gasteiger partial charge in [0, 0.05) is 12.7 Å². The molecule has 0 radical (unpaired) electrons. The predicted octanol–water partition coefficient (Wildman–Crippen LogP) is 1.75. The van der Waals surface area contributed by atoms with Crippen LogP contribution in [0.5, 0.6) is 0 Å². The van der Waals surface area contributed by atoms with Crippen molar-refractivity contribution in [3.8, 4) is 0 Å². The van der Waals surface area contributed by atoms with Gasteiger partial charge in [-0.15, -0.1) is 0 Å². The highest BCUT2D eigenvalue weighted by atomic mass is 15.4. The summed E-state index contributed by atoms with van der Waals surface area (Å²) in [4.78, 5) is 0.